The van der Waals surface area contributed by atoms with Crippen molar-refractivity contribution in [3.05, 3.63) is 97.5 Å². The molecule has 0 aromatic heterocycles. The van der Waals surface area contributed by atoms with Crippen LogP contribution < -0.4 is 10.1 Å². The molecule has 0 radical (unpaired) electrons. The van der Waals surface area contributed by atoms with Crippen molar-refractivity contribution in [1.82, 2.24) is 0 Å². The van der Waals surface area contributed by atoms with Gasteiger partial charge in [0.1, 0.15) is 17.4 Å². The molecule has 0 fully saturated rings. The van der Waals surface area contributed by atoms with Gasteiger partial charge < -0.3 is 10.1 Å². The van der Waals surface area contributed by atoms with Crippen molar-refractivity contribution in [3.8, 4) is 11.8 Å². The van der Waals surface area contributed by atoms with Gasteiger partial charge in [0.15, 0.2) is 0 Å². The van der Waals surface area contributed by atoms with Crippen LogP contribution in [0.5, 0.6) is 5.75 Å². The maximum Gasteiger partial charge on any atom is 0.343 e. The highest BCUT2D eigenvalue weighted by Crippen LogP contribution is 2.18. The van der Waals surface area contributed by atoms with Crippen molar-refractivity contribution in [3.63, 3.8) is 0 Å². The third-order valence-electron chi connectivity index (χ3n) is 3.93. The second-order valence-electron chi connectivity index (χ2n) is 6.10. The Kier molecular flexibility index (Phi) is 7.38. The number of nitrogens with one attached hydrogen (secondary N) is 1. The van der Waals surface area contributed by atoms with E-state index in [0.29, 0.717) is 22.6 Å². The summed E-state index contributed by atoms with van der Waals surface area (Å²) >= 11 is 5.46. The van der Waals surface area contributed by atoms with Crippen molar-refractivity contribution < 1.29 is 14.3 Å². The second kappa shape index (κ2) is 10.2. The molecule has 0 saturated carbocycles. The Hall–Kier alpha value is -2.96. The predicted molar refractivity (Wildman–Crippen MR) is 127 cm³/mol. The van der Waals surface area contributed by atoms with E-state index in [0.717, 1.165) is 8.04 Å². The topological polar surface area (TPSA) is 79.2 Å². The van der Waals surface area contributed by atoms with E-state index in [-0.39, 0.29) is 5.57 Å². The number of anilines is 1. The Morgan fingerprint density at radius 2 is 1.73 bits per heavy atom. The number of amides is 1. The number of nitriles is 1. The van der Waals surface area contributed by atoms with Crippen LogP contribution in [0, 0.1) is 14.9 Å². The lowest BCUT2D eigenvalue weighted by molar-refractivity contribution is -0.112. The Labute approximate surface area is 195 Å². The zero-order chi connectivity index (χ0) is 21.5. The normalized spacial score (nSPS) is 10.8. The van der Waals surface area contributed by atoms with E-state index >= 15 is 0 Å². The van der Waals surface area contributed by atoms with Gasteiger partial charge in [-0.25, -0.2) is 4.79 Å². The summed E-state index contributed by atoms with van der Waals surface area (Å²) in [6.07, 6.45) is 1.48. The summed E-state index contributed by atoms with van der Waals surface area (Å²) in [6.45, 7) is 0. The van der Waals surface area contributed by atoms with Gasteiger partial charge in [-0.2, -0.15) is 5.26 Å². The van der Waals surface area contributed by atoms with Gasteiger partial charge in [0.25, 0.3) is 5.91 Å². The van der Waals surface area contributed by atoms with E-state index in [1.54, 1.807) is 54.6 Å². The number of hydrogen-bond acceptors (Lipinski definition) is 4. The Bertz CT molecular complexity index is 1150. The van der Waals surface area contributed by atoms with E-state index in [4.69, 9.17) is 4.74 Å². The van der Waals surface area contributed by atoms with Gasteiger partial charge in [-0.3, -0.25) is 4.79 Å². The fourth-order valence-electron chi connectivity index (χ4n) is 2.46. The molecule has 30 heavy (non-hydrogen) atoms. The average Bonchev–Trinajstić information content (AvgIpc) is 2.73. The Morgan fingerprint density at radius 1 is 1.03 bits per heavy atom. The van der Waals surface area contributed by atoms with E-state index in [2.05, 4.69) is 43.8 Å². The summed E-state index contributed by atoms with van der Waals surface area (Å²) < 4.78 is 7.19. The van der Waals surface area contributed by atoms with Crippen LogP contribution in [0.1, 0.15) is 15.9 Å². The summed E-state index contributed by atoms with van der Waals surface area (Å²) in [5.41, 5.74) is 1.64. The zero-order valence-electron chi connectivity index (χ0n) is 15.4. The molecule has 0 heterocycles. The molecule has 0 aliphatic carbocycles. The third kappa shape index (κ3) is 6.02. The average molecular weight is 573 g/mol. The minimum atomic E-state index is -0.495. The third-order valence-corrected chi connectivity index (χ3v) is 5.13. The lowest BCUT2D eigenvalue weighted by Gasteiger charge is -2.06. The van der Waals surface area contributed by atoms with Gasteiger partial charge in [-0.1, -0.05) is 34.1 Å². The van der Waals surface area contributed by atoms with Crippen LogP contribution in [0.15, 0.2) is 82.8 Å². The molecule has 148 valence electrons. The summed E-state index contributed by atoms with van der Waals surface area (Å²) in [6, 6.07) is 22.6. The number of esters is 1. The van der Waals surface area contributed by atoms with Crippen LogP contribution in [0.4, 0.5) is 5.69 Å². The number of halogens is 2. The first-order valence-electron chi connectivity index (χ1n) is 8.71. The van der Waals surface area contributed by atoms with Gasteiger partial charge in [-0.05, 0) is 88.8 Å². The summed E-state index contributed by atoms with van der Waals surface area (Å²) in [7, 11) is 0. The molecule has 3 aromatic rings. The number of ether oxygens (including phenoxy) is 1. The summed E-state index contributed by atoms with van der Waals surface area (Å²) in [4.78, 5) is 24.6. The molecule has 1 N–H and O–H groups in total. The SMILES string of the molecule is N#C/C(=C\c1ccc(OC(=O)c2ccc(Br)cc2)cc1)C(=O)Nc1cccc(I)c1. The van der Waals surface area contributed by atoms with Gasteiger partial charge in [0.05, 0.1) is 5.56 Å². The monoisotopic (exact) mass is 572 g/mol. The minimum absolute atomic E-state index is 0.0338. The van der Waals surface area contributed by atoms with Gasteiger partial charge in [0, 0.05) is 13.7 Å². The minimum Gasteiger partial charge on any atom is -0.423 e. The van der Waals surface area contributed by atoms with Crippen LogP contribution in [-0.4, -0.2) is 11.9 Å². The summed E-state index contributed by atoms with van der Waals surface area (Å²) in [5, 5.41) is 12.1. The molecule has 0 spiro atoms. The van der Waals surface area contributed by atoms with Crippen molar-refractivity contribution >= 4 is 62.2 Å². The van der Waals surface area contributed by atoms with Gasteiger partial charge in [0.2, 0.25) is 0 Å². The van der Waals surface area contributed by atoms with Crippen LogP contribution in [0.2, 0.25) is 0 Å². The quantitative estimate of drug-likeness (QED) is 0.137. The van der Waals surface area contributed by atoms with Crippen molar-refractivity contribution in [2.45, 2.75) is 0 Å². The van der Waals surface area contributed by atoms with Crippen LogP contribution in [0.25, 0.3) is 6.08 Å². The lowest BCUT2D eigenvalue weighted by Crippen LogP contribution is -2.13. The first kappa shape index (κ1) is 21.7. The molecule has 3 rings (SSSR count). The van der Waals surface area contributed by atoms with Crippen LogP contribution in [-0.2, 0) is 4.79 Å². The van der Waals surface area contributed by atoms with E-state index in [1.807, 2.05) is 24.3 Å². The lowest BCUT2D eigenvalue weighted by atomic mass is 10.1. The Morgan fingerprint density at radius 3 is 2.37 bits per heavy atom. The smallest absolute Gasteiger partial charge is 0.343 e. The first-order valence-corrected chi connectivity index (χ1v) is 10.6. The number of carbonyl (C=O) groups is 2. The van der Waals surface area contributed by atoms with Crippen molar-refractivity contribution in [2.75, 3.05) is 5.32 Å². The second-order valence-corrected chi connectivity index (χ2v) is 8.26. The van der Waals surface area contributed by atoms with Crippen molar-refractivity contribution in [2.24, 2.45) is 0 Å². The van der Waals surface area contributed by atoms with Gasteiger partial charge >= 0.3 is 5.97 Å². The molecule has 0 aliphatic heterocycles. The molecule has 0 aliphatic rings. The number of nitrogens with zero attached hydrogens (tertiary/aromatic N) is 1. The highest BCUT2D eigenvalue weighted by Gasteiger charge is 2.11. The number of rotatable bonds is 5. The van der Waals surface area contributed by atoms with E-state index in [1.165, 1.54) is 6.08 Å². The zero-order valence-corrected chi connectivity index (χ0v) is 19.2. The van der Waals surface area contributed by atoms with Crippen LogP contribution in [0.3, 0.4) is 0 Å². The molecule has 0 bridgehead atoms. The van der Waals surface area contributed by atoms with Crippen LogP contribution >= 0.6 is 38.5 Å². The van der Waals surface area contributed by atoms with E-state index < -0.39 is 11.9 Å². The maximum absolute atomic E-state index is 12.4. The molecule has 7 heteroatoms. The molecule has 3 aromatic carbocycles. The maximum atomic E-state index is 12.4. The number of benzene rings is 3. The molecule has 0 atom stereocenters. The fourth-order valence-corrected chi connectivity index (χ4v) is 3.27. The molecule has 1 amide bonds. The molecular weight excluding hydrogens is 559 g/mol. The fraction of sp³-hybridized carbons (Fsp3) is 0. The molecular formula is C23H14BrIN2O3. The van der Waals surface area contributed by atoms with Gasteiger partial charge in [-0.15, -0.1) is 0 Å². The standard InChI is InChI=1S/C23H14BrIN2O3/c24-18-8-6-16(7-9-18)23(29)30-21-10-4-15(5-11-21)12-17(14-26)22(28)27-20-3-1-2-19(25)13-20/h1-13H,(H,27,28)/b17-12+. The Balaban J connectivity index is 1.68. The largest absolute Gasteiger partial charge is 0.423 e. The molecule has 5 nitrogen and oxygen atoms in total. The predicted octanol–water partition coefficient (Wildman–Crippen LogP) is 5.82. The van der Waals surface area contributed by atoms with E-state index in [9.17, 15) is 14.9 Å². The highest BCUT2D eigenvalue weighted by atomic mass is 127. The highest BCUT2D eigenvalue weighted by molar-refractivity contribution is 14.1. The first-order chi connectivity index (χ1) is 14.4. The van der Waals surface area contributed by atoms with Crippen molar-refractivity contribution in [1.29, 1.82) is 5.26 Å². The molecule has 0 saturated heterocycles. The summed E-state index contributed by atoms with van der Waals surface area (Å²) in [5.74, 6) is -0.604. The number of carbonyl (C=O) groups excluding carboxylic acids is 2. The molecule has 0 unspecified atom stereocenters. The number of hydrogen-bond donors (Lipinski definition) is 1.